The topological polar surface area (TPSA) is 188 Å². The number of nitrogens with zero attached hydrogens (tertiary/aromatic N) is 9. The monoisotopic (exact) mass is 831 g/mol. The molecule has 0 amide bonds. The van der Waals surface area contributed by atoms with Gasteiger partial charge in [0, 0.05) is 68.5 Å². The maximum Gasteiger partial charge on any atom is 0.182 e. The third kappa shape index (κ3) is 11.8. The van der Waals surface area contributed by atoms with E-state index in [1.807, 2.05) is 94.2 Å². The number of ether oxygens (including phenoxy) is 2. The number of aliphatic imine (C=N–C) groups is 1. The number of aliphatic hydroxyl groups excluding tert-OH is 2. The number of halogens is 1. The Morgan fingerprint density at radius 2 is 1.29 bits per heavy atom. The fraction of sp³-hybridized carbons (Fsp3) is 0.333. The van der Waals surface area contributed by atoms with Crippen LogP contribution in [0.2, 0.25) is 0 Å². The van der Waals surface area contributed by atoms with Crippen molar-refractivity contribution in [3.05, 3.63) is 85.2 Å². The number of isothiocyanates is 1. The number of alkyl halides is 1. The first-order valence-electron chi connectivity index (χ1n) is 19.1. The van der Waals surface area contributed by atoms with Gasteiger partial charge in [0.25, 0.3) is 0 Å². The van der Waals surface area contributed by atoms with Crippen LogP contribution in [-0.2, 0) is 9.47 Å². The zero-order chi connectivity index (χ0) is 41.8. The summed E-state index contributed by atoms with van der Waals surface area (Å²) in [5.41, 5.74) is 10.2. The van der Waals surface area contributed by atoms with E-state index in [4.69, 9.17) is 49.0 Å². The van der Waals surface area contributed by atoms with Crippen molar-refractivity contribution in [1.29, 1.82) is 0 Å². The second-order valence-electron chi connectivity index (χ2n) is 12.3. The van der Waals surface area contributed by atoms with Crippen LogP contribution in [0.4, 0.5) is 27.4 Å². The van der Waals surface area contributed by atoms with Gasteiger partial charge in [-0.2, -0.15) is 4.99 Å². The maximum atomic E-state index is 9.96. The van der Waals surface area contributed by atoms with Gasteiger partial charge < -0.3 is 45.9 Å². The standard InChI is InChI=1S/C19H22N6O2S.C17H15N5OS.C2H7NO.CH3F/c26-11-7-20-19(28)21-15-5-3-14(4-6-15)17-22-18(24-9-12-27-13-10-24)16-2-1-8-25(16)23-17;24-12-18-14-5-3-13(4-6-14)16-19-17(21-8-10-23-11-9-21)15-2-1-7-22(15)20-16;3-1-2-4;1-2/h1-6,8,26H,7,9-13H2,(H2,20,21,28);1-7H,8-11H2;4H,1-3H2;1H3/i;;;1D. The van der Waals surface area contributed by atoms with Crippen molar-refractivity contribution in [3.63, 3.8) is 0 Å². The van der Waals surface area contributed by atoms with Gasteiger partial charge in [0.15, 0.2) is 28.4 Å². The highest BCUT2D eigenvalue weighted by atomic mass is 32.1. The Morgan fingerprint density at radius 1 is 0.828 bits per heavy atom. The molecule has 6 N–H and O–H groups in total. The van der Waals surface area contributed by atoms with E-state index >= 15 is 0 Å². The Kier molecular flexibility index (Phi) is 16.7. The lowest BCUT2D eigenvalue weighted by molar-refractivity contribution is 0.122. The van der Waals surface area contributed by atoms with Gasteiger partial charge in [-0.3, -0.25) is 4.39 Å². The molecule has 2 aromatic carbocycles. The van der Waals surface area contributed by atoms with Gasteiger partial charge in [0.05, 0.1) is 59.0 Å². The number of thiocarbonyl (C=S) groups is 2. The van der Waals surface area contributed by atoms with Gasteiger partial charge in [-0.05, 0) is 97.2 Å². The number of morpholine rings is 2. The average Bonchev–Trinajstić information content (AvgIpc) is 3.97. The van der Waals surface area contributed by atoms with Crippen molar-refractivity contribution in [2.75, 3.05) is 101 Å². The fourth-order valence-corrected chi connectivity index (χ4v) is 6.21. The number of anilines is 3. The Bertz CT molecular complexity index is 2250. The number of nitrogens with two attached hydrogens (primary N) is 1. The predicted octanol–water partition coefficient (Wildman–Crippen LogP) is 4.00. The predicted molar refractivity (Wildman–Crippen MR) is 232 cm³/mol. The summed E-state index contributed by atoms with van der Waals surface area (Å²) in [7, 11) is -1.00. The van der Waals surface area contributed by atoms with Gasteiger partial charge in [0.2, 0.25) is 0 Å². The Balaban J connectivity index is 0.000000195. The number of nitrogens with one attached hydrogen (secondary N) is 2. The summed E-state index contributed by atoms with van der Waals surface area (Å²) in [6, 6.07) is 23.5. The number of hydrogen-bond donors (Lipinski definition) is 5. The molecule has 19 heteroatoms. The molecular formula is C39H47FN12O4S2. The second-order valence-corrected chi connectivity index (χ2v) is 12.9. The van der Waals surface area contributed by atoms with Gasteiger partial charge in [-0.1, -0.05) is 0 Å². The van der Waals surface area contributed by atoms with E-state index in [1.165, 1.54) is 0 Å². The third-order valence-corrected chi connectivity index (χ3v) is 8.93. The van der Waals surface area contributed by atoms with E-state index in [-0.39, 0.29) is 13.2 Å². The molecule has 0 aliphatic carbocycles. The van der Waals surface area contributed by atoms with Gasteiger partial charge in [0.1, 0.15) is 11.0 Å². The van der Waals surface area contributed by atoms with Gasteiger partial charge in [-0.25, -0.2) is 19.0 Å². The molecule has 6 aromatic rings. The molecule has 6 heterocycles. The SMILES string of the molecule is NCCO.OCCNC(=S)Nc1ccc(-c2nc(N3CCOCC3)c3cccn3n2)cc1.S=C=Nc1ccc(-c2nc(N3CCOCC3)c3cccn3n2)cc1.[2H]CF. The highest BCUT2D eigenvalue weighted by Gasteiger charge is 2.20. The molecule has 0 bridgehead atoms. The summed E-state index contributed by atoms with van der Waals surface area (Å²) in [5, 5.41) is 34.7. The minimum Gasteiger partial charge on any atom is -0.395 e. The van der Waals surface area contributed by atoms with E-state index in [2.05, 4.69) is 53.0 Å². The van der Waals surface area contributed by atoms with Crippen LogP contribution in [0.25, 0.3) is 33.8 Å². The first kappa shape index (κ1) is 42.1. The molecule has 2 saturated heterocycles. The molecule has 8 rings (SSSR count). The summed E-state index contributed by atoms with van der Waals surface area (Å²) in [6.45, 7) is 7.07. The number of aliphatic hydroxyl groups is 2. The minimum absolute atomic E-state index is 0.0332. The highest BCUT2D eigenvalue weighted by Crippen LogP contribution is 2.27. The van der Waals surface area contributed by atoms with Crippen LogP contribution in [0.3, 0.4) is 0 Å². The van der Waals surface area contributed by atoms with Crippen LogP contribution in [0.15, 0.2) is 90.2 Å². The van der Waals surface area contributed by atoms with Crippen LogP contribution in [0.1, 0.15) is 1.37 Å². The lowest BCUT2D eigenvalue weighted by Crippen LogP contribution is -2.37. The van der Waals surface area contributed by atoms with Crippen LogP contribution in [0, 0.1) is 0 Å². The quantitative estimate of drug-likeness (QED) is 0.104. The maximum absolute atomic E-state index is 9.96. The van der Waals surface area contributed by atoms with Crippen molar-refractivity contribution in [1.82, 2.24) is 34.5 Å². The van der Waals surface area contributed by atoms with E-state index in [9.17, 15) is 4.39 Å². The molecule has 2 aliphatic heterocycles. The molecule has 2 fully saturated rings. The zero-order valence-corrected chi connectivity index (χ0v) is 33.4. The molecule has 0 unspecified atom stereocenters. The second kappa shape index (κ2) is 23.0. The molecule has 0 saturated carbocycles. The van der Waals surface area contributed by atoms with Crippen molar-refractivity contribution >= 4 is 68.8 Å². The average molecular weight is 832 g/mol. The Hall–Kier alpha value is -5.50. The number of aromatic nitrogens is 6. The van der Waals surface area contributed by atoms with E-state index < -0.39 is 7.15 Å². The smallest absolute Gasteiger partial charge is 0.182 e. The number of rotatable bonds is 9. The summed E-state index contributed by atoms with van der Waals surface area (Å²) >= 11 is 9.82. The molecule has 2 aliphatic rings. The lowest BCUT2D eigenvalue weighted by atomic mass is 10.2. The van der Waals surface area contributed by atoms with Crippen molar-refractivity contribution < 1.29 is 25.4 Å². The number of hydrogen-bond acceptors (Lipinski definition) is 14. The van der Waals surface area contributed by atoms with Crippen molar-refractivity contribution in [2.45, 2.75) is 0 Å². The van der Waals surface area contributed by atoms with Crippen LogP contribution >= 0.6 is 24.4 Å². The fourth-order valence-electron chi connectivity index (χ4n) is 5.88. The summed E-state index contributed by atoms with van der Waals surface area (Å²) in [5.74, 6) is 3.21. The number of fused-ring (bicyclic) bond motifs is 2. The zero-order valence-electron chi connectivity index (χ0n) is 32.8. The molecule has 0 spiro atoms. The normalized spacial score (nSPS) is 13.8. The Labute approximate surface area is 347 Å². The van der Waals surface area contributed by atoms with E-state index in [1.54, 1.807) is 0 Å². The van der Waals surface area contributed by atoms with Gasteiger partial charge in [-0.15, -0.1) is 10.2 Å². The molecular weight excluding hydrogens is 784 g/mol. The molecule has 306 valence electrons. The molecule has 0 radical (unpaired) electrons. The number of benzene rings is 2. The summed E-state index contributed by atoms with van der Waals surface area (Å²) < 4.78 is 30.2. The molecule has 58 heavy (non-hydrogen) atoms. The van der Waals surface area contributed by atoms with Crippen LogP contribution < -0.4 is 26.2 Å². The van der Waals surface area contributed by atoms with Crippen LogP contribution in [0.5, 0.6) is 0 Å². The Morgan fingerprint density at radius 3 is 1.72 bits per heavy atom. The highest BCUT2D eigenvalue weighted by molar-refractivity contribution is 7.80. The molecule has 16 nitrogen and oxygen atoms in total. The largest absolute Gasteiger partial charge is 0.395 e. The molecule has 0 atom stereocenters. The lowest BCUT2D eigenvalue weighted by Gasteiger charge is -2.28. The summed E-state index contributed by atoms with van der Waals surface area (Å²) in [6.07, 6.45) is 3.88. The van der Waals surface area contributed by atoms with E-state index in [0.29, 0.717) is 43.1 Å². The first-order chi connectivity index (χ1) is 28.9. The van der Waals surface area contributed by atoms with Crippen molar-refractivity contribution in [2.24, 2.45) is 10.7 Å². The summed E-state index contributed by atoms with van der Waals surface area (Å²) in [4.78, 5) is 18.1. The molecule has 4 aromatic heterocycles. The van der Waals surface area contributed by atoms with Crippen LogP contribution in [-0.4, -0.2) is 136 Å². The minimum atomic E-state index is -1.00. The first-order valence-corrected chi connectivity index (χ1v) is 19.2. The third-order valence-electron chi connectivity index (χ3n) is 8.59. The van der Waals surface area contributed by atoms with Gasteiger partial charge >= 0.3 is 0 Å². The van der Waals surface area contributed by atoms with Crippen molar-refractivity contribution in [3.8, 4) is 22.8 Å². The van der Waals surface area contributed by atoms with E-state index in [0.717, 1.165) is 84.6 Å².